The minimum Gasteiger partial charge on any atom is -0.368 e. The third-order valence-electron chi connectivity index (χ3n) is 3.25. The highest BCUT2D eigenvalue weighted by Crippen LogP contribution is 2.19. The van der Waals surface area contributed by atoms with Gasteiger partial charge >= 0.3 is 0 Å². The maximum absolute atomic E-state index is 12.3. The predicted octanol–water partition coefficient (Wildman–Crippen LogP) is 0.870. The molecule has 1 aliphatic heterocycles. The Morgan fingerprint density at radius 3 is 2.78 bits per heavy atom. The first kappa shape index (κ1) is 12.5. The van der Waals surface area contributed by atoms with Gasteiger partial charge in [0.25, 0.3) is 5.91 Å². The molecule has 5 heteroatoms. The van der Waals surface area contributed by atoms with Gasteiger partial charge in [-0.2, -0.15) is 0 Å². The van der Waals surface area contributed by atoms with Gasteiger partial charge in [-0.15, -0.1) is 0 Å². The van der Waals surface area contributed by atoms with Gasteiger partial charge in [0, 0.05) is 18.4 Å². The van der Waals surface area contributed by atoms with E-state index in [1.807, 2.05) is 6.92 Å². The number of likely N-dealkylation sites (tertiary alicyclic amines) is 1. The number of primary amides is 1. The fraction of sp³-hybridized carbons (Fsp3) is 0.462. The molecular weight excluding hydrogens is 230 g/mol. The molecule has 2 N–H and O–H groups in total. The van der Waals surface area contributed by atoms with E-state index < -0.39 is 11.9 Å². The van der Waals surface area contributed by atoms with Crippen molar-refractivity contribution in [1.82, 2.24) is 9.88 Å². The van der Waals surface area contributed by atoms with Crippen LogP contribution < -0.4 is 5.73 Å². The lowest BCUT2D eigenvalue weighted by molar-refractivity contribution is -0.123. The first-order chi connectivity index (χ1) is 8.59. The van der Waals surface area contributed by atoms with Crippen molar-refractivity contribution in [3.8, 4) is 0 Å². The van der Waals surface area contributed by atoms with Crippen LogP contribution in [0, 0.1) is 6.92 Å². The van der Waals surface area contributed by atoms with Gasteiger partial charge in [-0.05, 0) is 38.3 Å². The number of nitrogens with zero attached hydrogens (tertiary/aromatic N) is 2. The summed E-state index contributed by atoms with van der Waals surface area (Å²) in [7, 11) is 0. The van der Waals surface area contributed by atoms with E-state index in [2.05, 4.69) is 4.98 Å². The molecule has 0 unspecified atom stereocenters. The average Bonchev–Trinajstić information content (AvgIpc) is 2.39. The lowest BCUT2D eigenvalue weighted by Crippen LogP contribution is -2.50. The van der Waals surface area contributed by atoms with Crippen molar-refractivity contribution in [2.75, 3.05) is 6.54 Å². The van der Waals surface area contributed by atoms with E-state index in [0.717, 1.165) is 18.5 Å². The largest absolute Gasteiger partial charge is 0.368 e. The summed E-state index contributed by atoms with van der Waals surface area (Å²) in [5.41, 5.74) is 6.72. The highest BCUT2D eigenvalue weighted by atomic mass is 16.2. The van der Waals surface area contributed by atoms with Gasteiger partial charge < -0.3 is 10.6 Å². The van der Waals surface area contributed by atoms with Crippen LogP contribution in [-0.2, 0) is 4.79 Å². The molecule has 0 spiro atoms. The van der Waals surface area contributed by atoms with Gasteiger partial charge in [0.05, 0.1) is 5.56 Å². The summed E-state index contributed by atoms with van der Waals surface area (Å²) in [5, 5.41) is 0. The number of aromatic nitrogens is 1. The number of nitrogens with two attached hydrogens (primary N) is 1. The van der Waals surface area contributed by atoms with Crippen LogP contribution in [0.2, 0.25) is 0 Å². The molecule has 96 valence electrons. The van der Waals surface area contributed by atoms with Gasteiger partial charge in [0.2, 0.25) is 5.91 Å². The fourth-order valence-corrected chi connectivity index (χ4v) is 2.23. The number of carbonyl (C=O) groups excluding carboxylic acids is 2. The number of rotatable bonds is 2. The third-order valence-corrected chi connectivity index (χ3v) is 3.25. The molecule has 18 heavy (non-hydrogen) atoms. The van der Waals surface area contributed by atoms with E-state index in [-0.39, 0.29) is 5.91 Å². The maximum atomic E-state index is 12.3. The van der Waals surface area contributed by atoms with Crippen molar-refractivity contribution in [1.29, 1.82) is 0 Å². The van der Waals surface area contributed by atoms with Crippen molar-refractivity contribution < 1.29 is 9.59 Å². The molecule has 1 fully saturated rings. The monoisotopic (exact) mass is 247 g/mol. The van der Waals surface area contributed by atoms with Gasteiger partial charge in [0.1, 0.15) is 6.04 Å². The van der Waals surface area contributed by atoms with Gasteiger partial charge in [-0.1, -0.05) is 0 Å². The molecule has 1 aromatic rings. The van der Waals surface area contributed by atoms with E-state index in [4.69, 9.17) is 5.73 Å². The Balaban J connectivity index is 2.20. The second-order valence-electron chi connectivity index (χ2n) is 4.60. The molecule has 0 radical (unpaired) electrons. The topological polar surface area (TPSA) is 76.3 Å². The summed E-state index contributed by atoms with van der Waals surface area (Å²) in [6, 6.07) is 3.04. The Bertz CT molecular complexity index is 456. The van der Waals surface area contributed by atoms with Gasteiger partial charge in [-0.25, -0.2) is 0 Å². The van der Waals surface area contributed by atoms with Gasteiger partial charge in [-0.3, -0.25) is 14.6 Å². The summed E-state index contributed by atoms with van der Waals surface area (Å²) in [5.74, 6) is -0.589. The predicted molar refractivity (Wildman–Crippen MR) is 66.8 cm³/mol. The number of piperidine rings is 1. The second-order valence-corrected chi connectivity index (χ2v) is 4.60. The minimum atomic E-state index is -0.479. The number of amides is 2. The molecule has 2 amide bonds. The van der Waals surface area contributed by atoms with Crippen LogP contribution in [0.3, 0.4) is 0 Å². The molecule has 2 rings (SSSR count). The Morgan fingerprint density at radius 2 is 2.17 bits per heavy atom. The molecule has 0 aliphatic carbocycles. The third kappa shape index (κ3) is 2.50. The average molecular weight is 247 g/mol. The SMILES string of the molecule is Cc1ccc(C(=O)N2CCCC[C@@H]2C(N)=O)cn1. The van der Waals surface area contributed by atoms with E-state index in [1.54, 1.807) is 23.2 Å². The summed E-state index contributed by atoms with van der Waals surface area (Å²) in [6.07, 6.45) is 4.04. The van der Waals surface area contributed by atoms with Crippen molar-refractivity contribution in [2.24, 2.45) is 5.73 Å². The van der Waals surface area contributed by atoms with Crippen LogP contribution in [0.25, 0.3) is 0 Å². The summed E-state index contributed by atoms with van der Waals surface area (Å²) in [6.45, 7) is 2.45. The first-order valence-electron chi connectivity index (χ1n) is 6.12. The van der Waals surface area contributed by atoms with Gasteiger partial charge in [0.15, 0.2) is 0 Å². The van der Waals surface area contributed by atoms with Crippen molar-refractivity contribution in [2.45, 2.75) is 32.2 Å². The van der Waals surface area contributed by atoms with Crippen LogP contribution in [0.1, 0.15) is 35.3 Å². The second kappa shape index (κ2) is 5.16. The summed E-state index contributed by atoms with van der Waals surface area (Å²) in [4.78, 5) is 29.3. The lowest BCUT2D eigenvalue weighted by atomic mass is 10.0. The molecule has 1 atom stereocenters. The quantitative estimate of drug-likeness (QED) is 0.842. The fourth-order valence-electron chi connectivity index (χ4n) is 2.23. The van der Waals surface area contributed by atoms with Crippen molar-refractivity contribution in [3.05, 3.63) is 29.6 Å². The molecule has 0 bridgehead atoms. The van der Waals surface area contributed by atoms with Crippen molar-refractivity contribution in [3.63, 3.8) is 0 Å². The Hall–Kier alpha value is -1.91. The summed E-state index contributed by atoms with van der Waals surface area (Å²) < 4.78 is 0. The zero-order valence-electron chi connectivity index (χ0n) is 10.4. The van der Waals surface area contributed by atoms with E-state index in [0.29, 0.717) is 18.5 Å². The van der Waals surface area contributed by atoms with Crippen LogP contribution in [0.4, 0.5) is 0 Å². The summed E-state index contributed by atoms with van der Waals surface area (Å²) >= 11 is 0. The zero-order valence-corrected chi connectivity index (χ0v) is 10.4. The van der Waals surface area contributed by atoms with Crippen LogP contribution >= 0.6 is 0 Å². The highest BCUT2D eigenvalue weighted by Gasteiger charge is 2.31. The molecule has 0 saturated carbocycles. The van der Waals surface area contributed by atoms with Crippen LogP contribution in [-0.4, -0.2) is 34.3 Å². The number of aryl methyl sites for hydroxylation is 1. The number of hydrogen-bond donors (Lipinski definition) is 1. The highest BCUT2D eigenvalue weighted by molar-refractivity contribution is 5.97. The molecule has 2 heterocycles. The van der Waals surface area contributed by atoms with Crippen molar-refractivity contribution >= 4 is 11.8 Å². The smallest absolute Gasteiger partial charge is 0.256 e. The molecule has 0 aromatic carbocycles. The molecule has 1 aliphatic rings. The first-order valence-corrected chi connectivity index (χ1v) is 6.12. The minimum absolute atomic E-state index is 0.161. The van der Waals surface area contributed by atoms with E-state index in [9.17, 15) is 9.59 Å². The number of pyridine rings is 1. The van der Waals surface area contributed by atoms with Crippen LogP contribution in [0.5, 0.6) is 0 Å². The van der Waals surface area contributed by atoms with E-state index >= 15 is 0 Å². The maximum Gasteiger partial charge on any atom is 0.256 e. The molecule has 5 nitrogen and oxygen atoms in total. The Kier molecular flexibility index (Phi) is 3.60. The van der Waals surface area contributed by atoms with E-state index in [1.165, 1.54) is 0 Å². The Labute approximate surface area is 106 Å². The molecule has 1 saturated heterocycles. The standard InChI is InChI=1S/C13H17N3O2/c1-9-5-6-10(8-15-9)13(18)16-7-3-2-4-11(16)12(14)17/h5-6,8,11H,2-4,7H2,1H3,(H2,14,17)/t11-/m1/s1. The Morgan fingerprint density at radius 1 is 1.39 bits per heavy atom. The normalized spacial score (nSPS) is 19.6. The lowest BCUT2D eigenvalue weighted by Gasteiger charge is -2.33. The number of hydrogen-bond acceptors (Lipinski definition) is 3. The molecular formula is C13H17N3O2. The molecule has 1 aromatic heterocycles. The zero-order chi connectivity index (χ0) is 13.1. The van der Waals surface area contributed by atoms with Crippen LogP contribution in [0.15, 0.2) is 18.3 Å². The number of carbonyl (C=O) groups is 2.